The Morgan fingerprint density at radius 1 is 0.741 bits per heavy atom. The minimum atomic E-state index is -1.61. The summed E-state index contributed by atoms with van der Waals surface area (Å²) in [6.45, 7) is 12.8. The van der Waals surface area contributed by atoms with Crippen LogP contribution < -0.4 is 0 Å². The van der Waals surface area contributed by atoms with Crippen LogP contribution in [0.15, 0.2) is 10.2 Å². The summed E-state index contributed by atoms with van der Waals surface area (Å²) in [7, 11) is 6.10. The molecule has 0 saturated heterocycles. The van der Waals surface area contributed by atoms with E-state index in [4.69, 9.17) is 8.85 Å². The molecule has 0 heterocycles. The van der Waals surface area contributed by atoms with Crippen LogP contribution in [-0.4, -0.2) is 59.3 Å². The summed E-state index contributed by atoms with van der Waals surface area (Å²) in [6.07, 6.45) is 6.12. The topological polar surface area (TPSA) is 49.7 Å². The molecule has 6 nitrogen and oxygen atoms in total. The fourth-order valence-electron chi connectivity index (χ4n) is 2.73. The number of nitrogens with zero attached hydrogens (tertiary/aromatic N) is 4. The molecular weight excluding hydrogens is 356 g/mol. The third-order valence-electron chi connectivity index (χ3n) is 4.20. The Morgan fingerprint density at radius 3 is 1.41 bits per heavy atom. The number of hydrazone groups is 2. The van der Waals surface area contributed by atoms with Crippen molar-refractivity contribution in [3.63, 3.8) is 0 Å². The van der Waals surface area contributed by atoms with Gasteiger partial charge in [0.15, 0.2) is 0 Å². The zero-order valence-electron chi connectivity index (χ0n) is 19.2. The highest BCUT2D eigenvalue weighted by molar-refractivity contribution is 6.51. The van der Waals surface area contributed by atoms with E-state index in [0.717, 1.165) is 24.6 Å². The molecule has 0 spiro atoms. The van der Waals surface area contributed by atoms with Crippen molar-refractivity contribution in [2.75, 3.05) is 28.2 Å². The van der Waals surface area contributed by atoms with Gasteiger partial charge in [0.2, 0.25) is 0 Å². The first-order valence-corrected chi connectivity index (χ1v) is 11.5. The maximum absolute atomic E-state index is 6.56. The van der Waals surface area contributed by atoms with Gasteiger partial charge in [-0.2, -0.15) is 0 Å². The van der Waals surface area contributed by atoms with E-state index < -0.39 is 9.28 Å². The summed E-state index contributed by atoms with van der Waals surface area (Å²) in [5.41, 5.74) is 0.0885. The van der Waals surface area contributed by atoms with Crippen molar-refractivity contribution in [2.45, 2.75) is 79.2 Å². The minimum absolute atomic E-state index is 0.182. The predicted molar refractivity (Wildman–Crippen MR) is 116 cm³/mol. The van der Waals surface area contributed by atoms with E-state index >= 15 is 0 Å². The van der Waals surface area contributed by atoms with Gasteiger partial charge in [-0.3, -0.25) is 10.0 Å². The van der Waals surface area contributed by atoms with Crippen LogP contribution in [-0.2, 0) is 8.85 Å². The molecule has 0 aromatic heterocycles. The van der Waals surface area contributed by atoms with Gasteiger partial charge in [0.1, 0.15) is 5.54 Å². The maximum Gasteiger partial charge on any atom is 0.785 e. The molecule has 1 saturated carbocycles. The van der Waals surface area contributed by atoms with Crippen LogP contribution in [0.5, 0.6) is 0 Å². The standard InChI is InChI=1S/C20H41N4O2Si/c1-19(2,3)17(21-23(7)8)25-27(16-14-12-11-13-15-16)26-18(20(4,5)6)22-24(9)10/h16H,11-15H2,1-10H3/q+1/b21-17+,22-18+. The van der Waals surface area contributed by atoms with Crippen molar-refractivity contribution >= 4 is 21.1 Å². The highest BCUT2D eigenvalue weighted by atomic mass is 28.3. The third-order valence-corrected chi connectivity index (χ3v) is 6.23. The lowest BCUT2D eigenvalue weighted by Gasteiger charge is -2.25. The molecule has 27 heavy (non-hydrogen) atoms. The number of rotatable bonds is 5. The van der Waals surface area contributed by atoms with Gasteiger partial charge in [-0.25, -0.2) is 0 Å². The second-order valence-corrected chi connectivity index (χ2v) is 11.7. The summed E-state index contributed by atoms with van der Waals surface area (Å²) in [6, 6.07) is 0. The van der Waals surface area contributed by atoms with E-state index in [1.807, 2.05) is 28.2 Å². The molecule has 0 atom stereocenters. The zero-order chi connectivity index (χ0) is 20.8. The van der Waals surface area contributed by atoms with E-state index in [2.05, 4.69) is 51.7 Å². The van der Waals surface area contributed by atoms with Gasteiger partial charge < -0.3 is 8.85 Å². The first-order valence-electron chi connectivity index (χ1n) is 10.1. The summed E-state index contributed by atoms with van der Waals surface area (Å²) in [5, 5.41) is 12.9. The Kier molecular flexibility index (Phi) is 8.64. The van der Waals surface area contributed by atoms with Gasteiger partial charge in [0.05, 0.1) is 0 Å². The molecule has 1 aliphatic rings. The van der Waals surface area contributed by atoms with Crippen molar-refractivity contribution in [2.24, 2.45) is 21.0 Å². The average molecular weight is 398 g/mol. The number of hydrogen-bond acceptors (Lipinski definition) is 6. The fourth-order valence-corrected chi connectivity index (χ4v) is 5.06. The van der Waals surface area contributed by atoms with E-state index in [9.17, 15) is 0 Å². The predicted octanol–water partition coefficient (Wildman–Crippen LogP) is 4.68. The Morgan fingerprint density at radius 2 is 1.11 bits per heavy atom. The van der Waals surface area contributed by atoms with Gasteiger partial charge in [-0.05, 0) is 12.8 Å². The normalized spacial score (nSPS) is 17.6. The van der Waals surface area contributed by atoms with Crippen LogP contribution in [0.4, 0.5) is 0 Å². The van der Waals surface area contributed by atoms with Crippen molar-refractivity contribution in [1.82, 2.24) is 10.0 Å². The molecule has 156 valence electrons. The molecule has 0 radical (unpaired) electrons. The van der Waals surface area contributed by atoms with Gasteiger partial charge in [-0.1, -0.05) is 60.8 Å². The molecule has 1 rings (SSSR count). The summed E-state index contributed by atoms with van der Waals surface area (Å²) < 4.78 is 13.1. The molecule has 0 aromatic carbocycles. The SMILES string of the molecule is CN(C)/N=C(/O[Si+](O/C(=N/N(C)C)C(C)(C)C)C1CCCCC1)C(C)(C)C. The van der Waals surface area contributed by atoms with E-state index in [-0.39, 0.29) is 10.8 Å². The lowest BCUT2D eigenvalue weighted by molar-refractivity contribution is 0.288. The summed E-state index contributed by atoms with van der Waals surface area (Å²) >= 11 is 0. The monoisotopic (exact) mass is 397 g/mol. The second kappa shape index (κ2) is 9.80. The van der Waals surface area contributed by atoms with Gasteiger partial charge in [0.25, 0.3) is 11.8 Å². The second-order valence-electron chi connectivity index (χ2n) is 9.86. The highest BCUT2D eigenvalue weighted by Gasteiger charge is 2.53. The highest BCUT2D eigenvalue weighted by Crippen LogP contribution is 2.34. The van der Waals surface area contributed by atoms with Crippen molar-refractivity contribution in [3.05, 3.63) is 0 Å². The van der Waals surface area contributed by atoms with Crippen molar-refractivity contribution in [3.8, 4) is 0 Å². The van der Waals surface area contributed by atoms with Crippen LogP contribution in [0.2, 0.25) is 5.54 Å². The molecule has 7 heteroatoms. The molecule has 0 aliphatic heterocycles. The van der Waals surface area contributed by atoms with Gasteiger partial charge in [-0.15, -0.1) is 10.2 Å². The molecule has 0 bridgehead atoms. The smallest absolute Gasteiger partial charge is 0.303 e. The molecule has 0 N–H and O–H groups in total. The Labute approximate surface area is 168 Å². The molecule has 0 amide bonds. The first-order chi connectivity index (χ1) is 12.3. The van der Waals surface area contributed by atoms with E-state index in [0.29, 0.717) is 5.54 Å². The van der Waals surface area contributed by atoms with Gasteiger partial charge >= 0.3 is 9.28 Å². The molecular formula is C20H41N4O2Si+. The van der Waals surface area contributed by atoms with Crippen LogP contribution in [0.1, 0.15) is 73.6 Å². The molecule has 1 fully saturated rings. The Balaban J connectivity index is 3.19. The average Bonchev–Trinajstić information content (AvgIpc) is 2.50. The maximum atomic E-state index is 6.56. The minimum Gasteiger partial charge on any atom is -0.303 e. The van der Waals surface area contributed by atoms with Crippen LogP contribution in [0.3, 0.4) is 0 Å². The fraction of sp³-hybridized carbons (Fsp3) is 0.900. The van der Waals surface area contributed by atoms with Crippen LogP contribution in [0.25, 0.3) is 0 Å². The zero-order valence-corrected chi connectivity index (χ0v) is 20.2. The van der Waals surface area contributed by atoms with Crippen molar-refractivity contribution in [1.29, 1.82) is 0 Å². The third kappa shape index (κ3) is 8.54. The lowest BCUT2D eigenvalue weighted by Crippen LogP contribution is -2.42. The molecule has 1 aliphatic carbocycles. The molecule has 0 aromatic rings. The van der Waals surface area contributed by atoms with Gasteiger partial charge in [0, 0.05) is 39.0 Å². The number of hydrogen-bond donors (Lipinski definition) is 0. The van der Waals surface area contributed by atoms with Crippen LogP contribution >= 0.6 is 0 Å². The summed E-state index contributed by atoms with van der Waals surface area (Å²) in [5.74, 6) is 1.48. The van der Waals surface area contributed by atoms with Crippen molar-refractivity contribution < 1.29 is 8.85 Å². The van der Waals surface area contributed by atoms with E-state index in [1.54, 1.807) is 10.0 Å². The Bertz CT molecular complexity index is 475. The van der Waals surface area contributed by atoms with E-state index in [1.165, 1.54) is 19.3 Å². The largest absolute Gasteiger partial charge is 0.785 e. The quantitative estimate of drug-likeness (QED) is 0.292. The first kappa shape index (κ1) is 23.8. The summed E-state index contributed by atoms with van der Waals surface area (Å²) in [4.78, 5) is 0. The van der Waals surface area contributed by atoms with Crippen LogP contribution in [0, 0.1) is 10.8 Å². The lowest BCUT2D eigenvalue weighted by atomic mass is 9.97. The Hall–Kier alpha value is -1.24. The molecule has 0 unspecified atom stereocenters.